The number of ether oxygens (including phenoxy) is 3. The minimum Gasteiger partial charge on any atom is -0.461 e. The van der Waals surface area contributed by atoms with Crippen LogP contribution in [0, 0.1) is 23.2 Å². The summed E-state index contributed by atoms with van der Waals surface area (Å²) in [5.74, 6) is -4.10. The topological polar surface area (TPSA) is 61.8 Å². The van der Waals surface area contributed by atoms with E-state index in [4.69, 9.17) is 14.2 Å². The Kier molecular flexibility index (Phi) is 4.72. The molecule has 4 fully saturated rings. The van der Waals surface area contributed by atoms with Crippen molar-refractivity contribution in [1.29, 1.82) is 0 Å². The molecule has 0 aliphatic heterocycles. The van der Waals surface area contributed by atoms with Crippen molar-refractivity contribution < 1.29 is 32.6 Å². The van der Waals surface area contributed by atoms with Crippen LogP contribution in [0.4, 0.5) is 13.6 Å². The van der Waals surface area contributed by atoms with Gasteiger partial charge in [-0.1, -0.05) is 0 Å². The molecule has 0 aromatic carbocycles. The zero-order chi connectivity index (χ0) is 19.3. The molecule has 0 heterocycles. The lowest BCUT2D eigenvalue weighted by molar-refractivity contribution is -0.189. The van der Waals surface area contributed by atoms with Gasteiger partial charge in [0.05, 0.1) is 6.61 Å². The van der Waals surface area contributed by atoms with Gasteiger partial charge in [-0.2, -0.15) is 8.78 Å². The first kappa shape index (κ1) is 19.4. The van der Waals surface area contributed by atoms with Gasteiger partial charge in [0.15, 0.2) is 0 Å². The Hall–Kier alpha value is -1.40. The van der Waals surface area contributed by atoms with Crippen LogP contribution in [0.1, 0.15) is 59.8 Å². The summed E-state index contributed by atoms with van der Waals surface area (Å²) in [5, 5.41) is 0. The fourth-order valence-corrected chi connectivity index (χ4v) is 5.25. The maximum absolute atomic E-state index is 13.1. The molecule has 0 N–H and O–H groups in total. The molecule has 2 unspecified atom stereocenters. The van der Waals surface area contributed by atoms with E-state index in [2.05, 4.69) is 0 Å². The van der Waals surface area contributed by atoms with E-state index in [1.165, 1.54) is 0 Å². The molecular formula is C19H28F2O5. The first-order valence-electron chi connectivity index (χ1n) is 9.32. The van der Waals surface area contributed by atoms with E-state index in [9.17, 15) is 18.4 Å². The van der Waals surface area contributed by atoms with Gasteiger partial charge < -0.3 is 14.2 Å². The average Bonchev–Trinajstić information content (AvgIpc) is 2.45. The third kappa shape index (κ3) is 4.12. The van der Waals surface area contributed by atoms with Crippen LogP contribution in [0.3, 0.4) is 0 Å². The summed E-state index contributed by atoms with van der Waals surface area (Å²) in [5.41, 5.74) is -0.866. The molecule has 7 heteroatoms. The maximum atomic E-state index is 13.1. The molecule has 4 aliphatic carbocycles. The number of halogens is 2. The van der Waals surface area contributed by atoms with Crippen molar-refractivity contribution in [1.82, 2.24) is 0 Å². The molecule has 4 rings (SSSR count). The number of alkyl halides is 2. The highest BCUT2D eigenvalue weighted by atomic mass is 19.3. The van der Waals surface area contributed by atoms with Crippen LogP contribution in [-0.2, 0) is 19.0 Å². The monoisotopic (exact) mass is 374 g/mol. The van der Waals surface area contributed by atoms with E-state index < -0.39 is 23.6 Å². The minimum atomic E-state index is -3.47. The van der Waals surface area contributed by atoms with Crippen LogP contribution < -0.4 is 0 Å². The Bertz CT molecular complexity index is 561. The van der Waals surface area contributed by atoms with Crippen LogP contribution >= 0.6 is 0 Å². The summed E-state index contributed by atoms with van der Waals surface area (Å²) in [6.07, 6.45) is 3.43. The largest absolute Gasteiger partial charge is 0.509 e. The van der Waals surface area contributed by atoms with E-state index in [0.29, 0.717) is 12.8 Å². The molecule has 4 saturated carbocycles. The van der Waals surface area contributed by atoms with E-state index in [1.807, 2.05) is 0 Å². The molecule has 26 heavy (non-hydrogen) atoms. The zero-order valence-electron chi connectivity index (χ0n) is 15.8. The quantitative estimate of drug-likeness (QED) is 0.686. The third-order valence-electron chi connectivity index (χ3n) is 5.80. The lowest BCUT2D eigenvalue weighted by Crippen LogP contribution is -2.56. The Morgan fingerprint density at radius 1 is 1.04 bits per heavy atom. The molecule has 148 valence electrons. The summed E-state index contributed by atoms with van der Waals surface area (Å²) in [6, 6.07) is 0. The van der Waals surface area contributed by atoms with Crippen LogP contribution in [0.25, 0.3) is 0 Å². The maximum Gasteiger partial charge on any atom is 0.509 e. The molecule has 0 saturated heterocycles. The van der Waals surface area contributed by atoms with Gasteiger partial charge in [-0.25, -0.2) is 9.59 Å². The van der Waals surface area contributed by atoms with Crippen molar-refractivity contribution in [3.05, 3.63) is 0 Å². The molecule has 0 aromatic heterocycles. The highest BCUT2D eigenvalue weighted by Gasteiger charge is 2.57. The summed E-state index contributed by atoms with van der Waals surface area (Å²) in [6.45, 7) is 5.95. The smallest absolute Gasteiger partial charge is 0.461 e. The van der Waals surface area contributed by atoms with Gasteiger partial charge in [0.25, 0.3) is 0 Å². The molecule has 0 radical (unpaired) electrons. The number of carbonyl (C=O) groups is 2. The van der Waals surface area contributed by atoms with Crippen molar-refractivity contribution >= 4 is 12.1 Å². The SMILES string of the molecule is CC(C)(C)OC(=O)OC1C2CC3CC1CC(COC(=O)C(C)(F)F)(C3)C2. The van der Waals surface area contributed by atoms with Crippen LogP contribution in [0.2, 0.25) is 0 Å². The fourth-order valence-electron chi connectivity index (χ4n) is 5.25. The molecule has 0 spiro atoms. The van der Waals surface area contributed by atoms with Crippen LogP contribution in [0.15, 0.2) is 0 Å². The number of hydrogen-bond acceptors (Lipinski definition) is 5. The standard InChI is InChI=1S/C19H28F2O5/c1-17(2,3)26-16(23)25-14-12-5-11-6-13(14)9-19(7-11,8-12)10-24-15(22)18(4,20)21/h11-14H,5-10H2,1-4H3. The molecule has 4 bridgehead atoms. The Morgan fingerprint density at radius 2 is 1.62 bits per heavy atom. The molecule has 4 aliphatic rings. The third-order valence-corrected chi connectivity index (χ3v) is 5.80. The van der Waals surface area contributed by atoms with Gasteiger partial charge in [-0.15, -0.1) is 0 Å². The predicted molar refractivity (Wildman–Crippen MR) is 88.7 cm³/mol. The van der Waals surface area contributed by atoms with Crippen LogP contribution in [-0.4, -0.2) is 36.4 Å². The van der Waals surface area contributed by atoms with Crippen molar-refractivity contribution in [2.24, 2.45) is 23.2 Å². The van der Waals surface area contributed by atoms with E-state index >= 15 is 0 Å². The van der Waals surface area contributed by atoms with Gasteiger partial charge in [-0.3, -0.25) is 0 Å². The normalized spacial score (nSPS) is 35.9. The summed E-state index contributed by atoms with van der Waals surface area (Å²) >= 11 is 0. The van der Waals surface area contributed by atoms with Crippen molar-refractivity contribution in [3.63, 3.8) is 0 Å². The second-order valence-corrected chi connectivity index (χ2v) is 9.48. The predicted octanol–water partition coefficient (Wildman–Crippen LogP) is 4.33. The average molecular weight is 374 g/mol. The molecule has 0 amide bonds. The van der Waals surface area contributed by atoms with Crippen molar-refractivity contribution in [2.45, 2.75) is 77.4 Å². The summed E-state index contributed by atoms with van der Waals surface area (Å²) in [7, 11) is 0. The molecule has 2 atom stereocenters. The minimum absolute atomic E-state index is 0.0257. The molecular weight excluding hydrogens is 346 g/mol. The van der Waals surface area contributed by atoms with Gasteiger partial charge >= 0.3 is 18.0 Å². The van der Waals surface area contributed by atoms with Crippen molar-refractivity contribution in [3.8, 4) is 0 Å². The van der Waals surface area contributed by atoms with Crippen LogP contribution in [0.5, 0.6) is 0 Å². The fraction of sp³-hybridized carbons (Fsp3) is 0.895. The number of carbonyl (C=O) groups excluding carboxylic acids is 2. The summed E-state index contributed by atoms with van der Waals surface area (Å²) in [4.78, 5) is 23.5. The Balaban J connectivity index is 1.62. The van der Waals surface area contributed by atoms with Gasteiger partial charge in [0.1, 0.15) is 11.7 Å². The van der Waals surface area contributed by atoms with E-state index in [1.54, 1.807) is 20.8 Å². The Labute approximate surface area is 152 Å². The lowest BCUT2D eigenvalue weighted by Gasteiger charge is -2.58. The lowest BCUT2D eigenvalue weighted by atomic mass is 9.49. The highest BCUT2D eigenvalue weighted by Crippen LogP contribution is 2.61. The number of esters is 1. The second kappa shape index (κ2) is 6.34. The number of rotatable bonds is 4. The summed E-state index contributed by atoms with van der Waals surface area (Å²) < 4.78 is 42.0. The zero-order valence-corrected chi connectivity index (χ0v) is 15.8. The first-order chi connectivity index (χ1) is 11.9. The van der Waals surface area contributed by atoms with E-state index in [-0.39, 0.29) is 30.0 Å². The number of hydrogen-bond donors (Lipinski definition) is 0. The second-order valence-electron chi connectivity index (χ2n) is 9.48. The van der Waals surface area contributed by atoms with Gasteiger partial charge in [0.2, 0.25) is 0 Å². The highest BCUT2D eigenvalue weighted by molar-refractivity contribution is 5.76. The van der Waals surface area contributed by atoms with Gasteiger partial charge in [0, 0.05) is 12.3 Å². The molecule has 5 nitrogen and oxygen atoms in total. The Morgan fingerprint density at radius 3 is 2.12 bits per heavy atom. The van der Waals surface area contributed by atoms with Crippen molar-refractivity contribution in [2.75, 3.05) is 6.61 Å². The van der Waals surface area contributed by atoms with Gasteiger partial charge in [-0.05, 0) is 70.6 Å². The first-order valence-corrected chi connectivity index (χ1v) is 9.32. The molecule has 0 aromatic rings. The van der Waals surface area contributed by atoms with E-state index in [0.717, 1.165) is 32.1 Å².